The van der Waals surface area contributed by atoms with E-state index in [2.05, 4.69) is 15.0 Å². The maximum absolute atomic E-state index is 12.6. The Balaban J connectivity index is 1.75. The summed E-state index contributed by atoms with van der Waals surface area (Å²) in [4.78, 5) is 25.7. The Labute approximate surface area is 160 Å². The van der Waals surface area contributed by atoms with Crippen molar-refractivity contribution in [3.8, 4) is 0 Å². The lowest BCUT2D eigenvalue weighted by Gasteiger charge is -2.10. The van der Waals surface area contributed by atoms with Gasteiger partial charge in [-0.3, -0.25) is 14.3 Å². The standard InChI is InChI=1S/C18H19N3O4S2/c1-11(2)9-17(22)19-12-3-6-14(7-4-12)27(24,25)21-13-5-8-15-16(10-13)26-18(23)20-15/h3-8,10-11,21H,9H2,1-2H3,(H,19,22)(H,20,23). The second-order valence-corrected chi connectivity index (χ2v) is 9.20. The molecule has 0 spiro atoms. The molecule has 0 atom stereocenters. The van der Waals surface area contributed by atoms with Crippen LogP contribution in [0.4, 0.5) is 11.4 Å². The number of H-pyrrole nitrogens is 1. The lowest BCUT2D eigenvalue weighted by Crippen LogP contribution is -2.15. The van der Waals surface area contributed by atoms with E-state index in [-0.39, 0.29) is 21.6 Å². The molecule has 1 heterocycles. The zero-order valence-corrected chi connectivity index (χ0v) is 16.4. The average Bonchev–Trinajstić information content (AvgIpc) is 2.93. The zero-order valence-electron chi connectivity index (χ0n) is 14.8. The van der Waals surface area contributed by atoms with Gasteiger partial charge in [0.1, 0.15) is 0 Å². The van der Waals surface area contributed by atoms with Crippen LogP contribution >= 0.6 is 11.3 Å². The number of thiazole rings is 1. The molecule has 0 aliphatic carbocycles. The van der Waals surface area contributed by atoms with Crippen LogP contribution in [0.1, 0.15) is 20.3 Å². The molecule has 3 rings (SSSR count). The molecule has 7 nitrogen and oxygen atoms in total. The number of aromatic amines is 1. The van der Waals surface area contributed by atoms with Gasteiger partial charge in [0.25, 0.3) is 10.0 Å². The summed E-state index contributed by atoms with van der Waals surface area (Å²) >= 11 is 1.01. The van der Waals surface area contributed by atoms with Crippen LogP contribution in [0.3, 0.4) is 0 Å². The first-order valence-corrected chi connectivity index (χ1v) is 10.6. The summed E-state index contributed by atoms with van der Waals surface area (Å²) in [6.45, 7) is 3.90. The molecular formula is C18H19N3O4S2. The highest BCUT2D eigenvalue weighted by molar-refractivity contribution is 7.92. The highest BCUT2D eigenvalue weighted by Gasteiger charge is 2.15. The Morgan fingerprint density at radius 3 is 2.44 bits per heavy atom. The fraction of sp³-hybridized carbons (Fsp3) is 0.222. The van der Waals surface area contributed by atoms with Crippen LogP contribution < -0.4 is 14.9 Å². The smallest absolute Gasteiger partial charge is 0.305 e. The number of sulfonamides is 1. The fourth-order valence-electron chi connectivity index (χ4n) is 2.52. The molecular weight excluding hydrogens is 386 g/mol. The van der Waals surface area contributed by atoms with Crippen LogP contribution in [0.2, 0.25) is 0 Å². The van der Waals surface area contributed by atoms with E-state index in [4.69, 9.17) is 0 Å². The van der Waals surface area contributed by atoms with E-state index in [9.17, 15) is 18.0 Å². The number of hydrogen-bond acceptors (Lipinski definition) is 5. The molecule has 0 radical (unpaired) electrons. The van der Waals surface area contributed by atoms with Gasteiger partial charge in [0.15, 0.2) is 0 Å². The molecule has 27 heavy (non-hydrogen) atoms. The molecule has 9 heteroatoms. The predicted molar refractivity (Wildman–Crippen MR) is 108 cm³/mol. The Morgan fingerprint density at radius 2 is 1.78 bits per heavy atom. The van der Waals surface area contributed by atoms with Crippen molar-refractivity contribution in [2.75, 3.05) is 10.0 Å². The van der Waals surface area contributed by atoms with Crippen molar-refractivity contribution < 1.29 is 13.2 Å². The van der Waals surface area contributed by atoms with E-state index in [1.807, 2.05) is 13.8 Å². The highest BCUT2D eigenvalue weighted by atomic mass is 32.2. The first kappa shape index (κ1) is 19.1. The van der Waals surface area contributed by atoms with Crippen molar-refractivity contribution in [1.82, 2.24) is 4.98 Å². The highest BCUT2D eigenvalue weighted by Crippen LogP contribution is 2.23. The van der Waals surface area contributed by atoms with Gasteiger partial charge in [-0.25, -0.2) is 8.42 Å². The number of rotatable bonds is 6. The Morgan fingerprint density at radius 1 is 1.11 bits per heavy atom. The minimum atomic E-state index is -3.79. The first-order chi connectivity index (χ1) is 12.7. The lowest BCUT2D eigenvalue weighted by molar-refractivity contribution is -0.116. The van der Waals surface area contributed by atoms with Crippen LogP contribution in [0.5, 0.6) is 0 Å². The van der Waals surface area contributed by atoms with Gasteiger partial charge in [-0.15, -0.1) is 0 Å². The summed E-state index contributed by atoms with van der Waals surface area (Å²) in [5.41, 5.74) is 1.57. The van der Waals surface area contributed by atoms with Crippen molar-refractivity contribution in [3.05, 3.63) is 52.1 Å². The predicted octanol–water partition coefficient (Wildman–Crippen LogP) is 3.38. The van der Waals surface area contributed by atoms with Gasteiger partial charge in [0.2, 0.25) is 5.91 Å². The number of nitrogens with one attached hydrogen (secondary N) is 3. The van der Waals surface area contributed by atoms with Gasteiger partial charge in [-0.2, -0.15) is 0 Å². The minimum absolute atomic E-state index is 0.0757. The normalized spacial score (nSPS) is 11.7. The quantitative estimate of drug-likeness (QED) is 0.584. The van der Waals surface area contributed by atoms with Gasteiger partial charge in [-0.05, 0) is 48.4 Å². The first-order valence-electron chi connectivity index (χ1n) is 8.28. The number of hydrogen-bond donors (Lipinski definition) is 3. The van der Waals surface area contributed by atoms with E-state index in [1.54, 1.807) is 30.3 Å². The van der Waals surface area contributed by atoms with Gasteiger partial charge < -0.3 is 10.3 Å². The van der Waals surface area contributed by atoms with E-state index >= 15 is 0 Å². The Bertz CT molecular complexity index is 1130. The maximum atomic E-state index is 12.6. The van der Waals surface area contributed by atoms with Crippen LogP contribution in [-0.4, -0.2) is 19.3 Å². The molecule has 0 fully saturated rings. The van der Waals surface area contributed by atoms with Crippen LogP contribution in [-0.2, 0) is 14.8 Å². The average molecular weight is 406 g/mol. The Hall–Kier alpha value is -2.65. The van der Waals surface area contributed by atoms with Crippen molar-refractivity contribution in [2.24, 2.45) is 5.92 Å². The molecule has 0 unspecified atom stereocenters. The summed E-state index contributed by atoms with van der Waals surface area (Å²) < 4.78 is 28.3. The van der Waals surface area contributed by atoms with Crippen LogP contribution in [0.25, 0.3) is 10.2 Å². The van der Waals surface area contributed by atoms with Gasteiger partial charge in [0.05, 0.1) is 20.8 Å². The molecule has 3 N–H and O–H groups in total. The molecule has 142 valence electrons. The number of amides is 1. The molecule has 0 aliphatic rings. The van der Waals surface area contributed by atoms with Crippen molar-refractivity contribution in [1.29, 1.82) is 0 Å². The summed E-state index contributed by atoms with van der Waals surface area (Å²) in [7, 11) is -3.79. The second-order valence-electron chi connectivity index (χ2n) is 6.50. The SMILES string of the molecule is CC(C)CC(=O)Nc1ccc(S(=O)(=O)Nc2ccc3[nH]c(=O)sc3c2)cc1. The number of aromatic nitrogens is 1. The topological polar surface area (TPSA) is 108 Å². The molecule has 3 aromatic rings. The summed E-state index contributed by atoms with van der Waals surface area (Å²) in [6, 6.07) is 10.8. The molecule has 1 aromatic heterocycles. The maximum Gasteiger partial charge on any atom is 0.305 e. The van der Waals surface area contributed by atoms with E-state index in [1.165, 1.54) is 12.1 Å². The summed E-state index contributed by atoms with van der Waals surface area (Å²) in [5.74, 6) is 0.127. The van der Waals surface area contributed by atoms with Crippen molar-refractivity contribution in [3.63, 3.8) is 0 Å². The molecule has 1 amide bonds. The third-order valence-corrected chi connectivity index (χ3v) is 5.96. The molecule has 0 bridgehead atoms. The van der Waals surface area contributed by atoms with Crippen molar-refractivity contribution in [2.45, 2.75) is 25.2 Å². The van der Waals surface area contributed by atoms with Crippen LogP contribution in [0.15, 0.2) is 52.2 Å². The number of benzene rings is 2. The number of anilines is 2. The molecule has 2 aromatic carbocycles. The summed E-state index contributed by atoms with van der Waals surface area (Å²) in [6.07, 6.45) is 0.398. The fourth-order valence-corrected chi connectivity index (χ4v) is 4.35. The van der Waals surface area contributed by atoms with E-state index in [0.29, 0.717) is 28.0 Å². The third kappa shape index (κ3) is 4.75. The van der Waals surface area contributed by atoms with E-state index in [0.717, 1.165) is 11.3 Å². The third-order valence-electron chi connectivity index (χ3n) is 3.72. The molecule has 0 saturated carbocycles. The number of fused-ring (bicyclic) bond motifs is 1. The summed E-state index contributed by atoms with van der Waals surface area (Å²) in [5, 5.41) is 2.74. The zero-order chi connectivity index (χ0) is 19.6. The number of carbonyl (C=O) groups excluding carboxylic acids is 1. The lowest BCUT2D eigenvalue weighted by atomic mass is 10.1. The Kier molecular flexibility index (Phi) is 5.33. The largest absolute Gasteiger partial charge is 0.326 e. The molecule has 0 saturated heterocycles. The number of carbonyl (C=O) groups is 1. The monoisotopic (exact) mass is 405 g/mol. The van der Waals surface area contributed by atoms with Gasteiger partial charge in [-0.1, -0.05) is 25.2 Å². The second kappa shape index (κ2) is 7.53. The van der Waals surface area contributed by atoms with Gasteiger partial charge in [0, 0.05) is 12.1 Å². The molecule has 0 aliphatic heterocycles. The minimum Gasteiger partial charge on any atom is -0.326 e. The van der Waals surface area contributed by atoms with Crippen LogP contribution in [0, 0.1) is 5.92 Å². The van der Waals surface area contributed by atoms with Gasteiger partial charge >= 0.3 is 4.87 Å². The van der Waals surface area contributed by atoms with Crippen molar-refractivity contribution >= 4 is 48.9 Å². The van der Waals surface area contributed by atoms with E-state index < -0.39 is 10.0 Å².